The molecule has 1 fully saturated rings. The van der Waals surface area contributed by atoms with Crippen LogP contribution in [0.5, 0.6) is 5.75 Å². The lowest BCUT2D eigenvalue weighted by Crippen LogP contribution is -2.28. The Morgan fingerprint density at radius 1 is 1.33 bits per heavy atom. The van der Waals surface area contributed by atoms with Crippen LogP contribution < -0.4 is 9.46 Å². The Kier molecular flexibility index (Phi) is 5.42. The fraction of sp³-hybridized carbons (Fsp3) is 0.438. The Morgan fingerprint density at radius 2 is 2.04 bits per heavy atom. The highest BCUT2D eigenvalue weighted by Crippen LogP contribution is 2.42. The van der Waals surface area contributed by atoms with Gasteiger partial charge in [0.25, 0.3) is 0 Å². The molecule has 1 aromatic heterocycles. The van der Waals surface area contributed by atoms with Crippen LogP contribution in [0.2, 0.25) is 5.02 Å². The van der Waals surface area contributed by atoms with E-state index in [1.54, 1.807) is 0 Å². The first-order valence-electron chi connectivity index (χ1n) is 8.10. The number of halogens is 4. The van der Waals surface area contributed by atoms with Crippen LogP contribution in [0.15, 0.2) is 29.2 Å². The third-order valence-electron chi connectivity index (χ3n) is 4.13. The molecule has 1 aliphatic rings. The van der Waals surface area contributed by atoms with Gasteiger partial charge in [-0.2, -0.15) is 18.3 Å². The monoisotopic (exact) mass is 423 g/mol. The maximum atomic E-state index is 12.9. The number of ether oxygens (including phenoxy) is 1. The molecular formula is C16H17ClF3N3O3S. The lowest BCUT2D eigenvalue weighted by molar-refractivity contribution is -0.141. The number of hydrogen-bond donors (Lipinski definition) is 1. The molecule has 0 aliphatic heterocycles. The molecule has 0 amide bonds. The van der Waals surface area contributed by atoms with Crippen LogP contribution in [0.3, 0.4) is 0 Å². The van der Waals surface area contributed by atoms with E-state index in [-0.39, 0.29) is 34.7 Å². The Balaban J connectivity index is 1.75. The van der Waals surface area contributed by atoms with E-state index in [2.05, 4.69) is 9.82 Å². The van der Waals surface area contributed by atoms with Crippen molar-refractivity contribution >= 4 is 21.6 Å². The van der Waals surface area contributed by atoms with Gasteiger partial charge in [0, 0.05) is 23.2 Å². The third-order valence-corrected chi connectivity index (χ3v) is 5.85. The summed E-state index contributed by atoms with van der Waals surface area (Å²) in [5, 5.41) is 3.81. The molecule has 2 aromatic rings. The van der Waals surface area contributed by atoms with Crippen LogP contribution >= 0.6 is 11.6 Å². The van der Waals surface area contributed by atoms with Gasteiger partial charge in [-0.25, -0.2) is 13.1 Å². The lowest BCUT2D eigenvalue weighted by atomic mass is 10.2. The van der Waals surface area contributed by atoms with Gasteiger partial charge in [-0.3, -0.25) is 4.68 Å². The molecule has 0 unspecified atom stereocenters. The van der Waals surface area contributed by atoms with Crippen molar-refractivity contribution in [2.45, 2.75) is 36.4 Å². The van der Waals surface area contributed by atoms with E-state index in [9.17, 15) is 21.6 Å². The Hall–Kier alpha value is -1.78. The summed E-state index contributed by atoms with van der Waals surface area (Å²) in [7, 11) is -2.63. The van der Waals surface area contributed by atoms with Gasteiger partial charge in [0.2, 0.25) is 10.0 Å². The molecule has 27 heavy (non-hydrogen) atoms. The van der Waals surface area contributed by atoms with Gasteiger partial charge < -0.3 is 4.74 Å². The standard InChI is InChI=1S/C16H17ClF3N3O3S/c1-26-13-5-4-11(17)8-14(13)27(24,25)21-6-7-23-12(10-2-3-10)9-15(22-23)16(18,19)20/h4-5,8-10,21H,2-3,6-7H2,1H3. The minimum atomic E-state index is -4.54. The normalized spacial score (nSPS) is 15.1. The van der Waals surface area contributed by atoms with Gasteiger partial charge in [0.05, 0.1) is 13.7 Å². The number of nitrogens with zero attached hydrogens (tertiary/aromatic N) is 2. The number of methoxy groups -OCH3 is 1. The maximum absolute atomic E-state index is 12.9. The van der Waals surface area contributed by atoms with Crippen molar-refractivity contribution in [3.63, 3.8) is 0 Å². The Morgan fingerprint density at radius 3 is 2.63 bits per heavy atom. The highest BCUT2D eigenvalue weighted by molar-refractivity contribution is 7.89. The van der Waals surface area contributed by atoms with E-state index in [0.717, 1.165) is 18.9 Å². The summed E-state index contributed by atoms with van der Waals surface area (Å²) < 4.78 is 72.3. The van der Waals surface area contributed by atoms with Crippen LogP contribution in [-0.4, -0.2) is 31.9 Å². The summed E-state index contributed by atoms with van der Waals surface area (Å²) in [5.41, 5.74) is -0.495. The minimum Gasteiger partial charge on any atom is -0.495 e. The third kappa shape index (κ3) is 4.56. The van der Waals surface area contributed by atoms with Gasteiger partial charge in [0.15, 0.2) is 5.69 Å². The number of rotatable bonds is 7. The van der Waals surface area contributed by atoms with Gasteiger partial charge in [-0.1, -0.05) is 11.6 Å². The van der Waals surface area contributed by atoms with Gasteiger partial charge in [0.1, 0.15) is 10.6 Å². The number of hydrogen-bond acceptors (Lipinski definition) is 4. The molecule has 3 rings (SSSR count). The van der Waals surface area contributed by atoms with Crippen LogP contribution in [0.1, 0.15) is 30.1 Å². The summed E-state index contributed by atoms with van der Waals surface area (Å²) in [6.45, 7) is -0.152. The topological polar surface area (TPSA) is 73.2 Å². The quantitative estimate of drug-likeness (QED) is 0.740. The van der Waals surface area contributed by atoms with Crippen molar-refractivity contribution in [1.29, 1.82) is 0 Å². The van der Waals surface area contributed by atoms with Crippen molar-refractivity contribution in [3.8, 4) is 5.75 Å². The van der Waals surface area contributed by atoms with Crippen LogP contribution in [0, 0.1) is 0 Å². The molecule has 1 saturated carbocycles. The second kappa shape index (κ2) is 7.33. The summed E-state index contributed by atoms with van der Waals surface area (Å²) in [6, 6.07) is 5.19. The largest absolute Gasteiger partial charge is 0.495 e. The van der Waals surface area contributed by atoms with Gasteiger partial charge >= 0.3 is 6.18 Å². The van der Waals surface area contributed by atoms with Crippen molar-refractivity contribution < 1.29 is 26.3 Å². The first-order chi connectivity index (χ1) is 12.6. The van der Waals surface area contributed by atoms with Crippen molar-refractivity contribution in [3.05, 3.63) is 40.7 Å². The fourth-order valence-electron chi connectivity index (χ4n) is 2.68. The maximum Gasteiger partial charge on any atom is 0.435 e. The van der Waals surface area contributed by atoms with Crippen molar-refractivity contribution in [2.24, 2.45) is 0 Å². The number of alkyl halides is 3. The second-order valence-corrected chi connectivity index (χ2v) is 8.31. The Labute approximate surface area is 159 Å². The van der Waals surface area contributed by atoms with E-state index in [1.807, 2.05) is 0 Å². The number of sulfonamides is 1. The molecule has 0 atom stereocenters. The molecule has 1 aliphatic carbocycles. The molecule has 11 heteroatoms. The molecular weight excluding hydrogens is 407 g/mol. The minimum absolute atomic E-state index is 0.0238. The molecule has 6 nitrogen and oxygen atoms in total. The highest BCUT2D eigenvalue weighted by Gasteiger charge is 2.37. The van der Waals surface area contributed by atoms with Crippen LogP contribution in [0.4, 0.5) is 13.2 Å². The summed E-state index contributed by atoms with van der Waals surface area (Å²) >= 11 is 5.85. The van der Waals surface area contributed by atoms with Crippen molar-refractivity contribution in [2.75, 3.05) is 13.7 Å². The predicted octanol–water partition coefficient (Wildman–Crippen LogP) is 3.42. The van der Waals surface area contributed by atoms with Crippen LogP contribution in [-0.2, 0) is 22.7 Å². The Bertz CT molecular complexity index is 940. The van der Waals surface area contributed by atoms with E-state index in [1.165, 1.54) is 30.0 Å². The first-order valence-corrected chi connectivity index (χ1v) is 9.96. The highest BCUT2D eigenvalue weighted by atomic mass is 35.5. The van der Waals surface area contributed by atoms with Gasteiger partial charge in [-0.15, -0.1) is 0 Å². The zero-order valence-corrected chi connectivity index (χ0v) is 15.8. The number of benzene rings is 1. The SMILES string of the molecule is COc1ccc(Cl)cc1S(=O)(=O)NCCn1nc(C(F)(F)F)cc1C1CC1. The molecule has 0 bridgehead atoms. The van der Waals surface area contributed by atoms with E-state index in [4.69, 9.17) is 16.3 Å². The summed E-state index contributed by atoms with van der Waals surface area (Å²) in [5.74, 6) is 0.155. The molecule has 0 radical (unpaired) electrons. The van der Waals surface area contributed by atoms with E-state index >= 15 is 0 Å². The average Bonchev–Trinajstić information content (AvgIpc) is 3.33. The predicted molar refractivity (Wildman–Crippen MR) is 92.4 cm³/mol. The average molecular weight is 424 g/mol. The van der Waals surface area contributed by atoms with Crippen molar-refractivity contribution in [1.82, 2.24) is 14.5 Å². The fourth-order valence-corrected chi connectivity index (χ4v) is 4.13. The van der Waals surface area contributed by atoms with Gasteiger partial charge in [-0.05, 0) is 37.1 Å². The number of aromatic nitrogens is 2. The van der Waals surface area contributed by atoms with Crippen LogP contribution in [0.25, 0.3) is 0 Å². The molecule has 1 heterocycles. The zero-order valence-electron chi connectivity index (χ0n) is 14.3. The molecule has 1 N–H and O–H groups in total. The molecule has 0 spiro atoms. The number of nitrogens with one attached hydrogen (secondary N) is 1. The summed E-state index contributed by atoms with van der Waals surface area (Å²) in [4.78, 5) is -0.142. The lowest BCUT2D eigenvalue weighted by Gasteiger charge is -2.12. The van der Waals surface area contributed by atoms with E-state index in [0.29, 0.717) is 5.69 Å². The molecule has 148 valence electrons. The molecule has 0 saturated heterocycles. The second-order valence-electron chi connectivity index (χ2n) is 6.14. The zero-order chi connectivity index (χ0) is 19.8. The van der Waals surface area contributed by atoms with E-state index < -0.39 is 21.9 Å². The smallest absolute Gasteiger partial charge is 0.435 e. The summed E-state index contributed by atoms with van der Waals surface area (Å²) in [6.07, 6.45) is -2.94. The first kappa shape index (κ1) is 20.0. The molecule has 1 aromatic carbocycles.